The molecule has 20 heteroatoms. The smallest absolute Gasteiger partial charge is 0.460 e. The maximum atomic E-state index is 13.1. The van der Waals surface area contributed by atoms with Crippen molar-refractivity contribution in [1.82, 2.24) is 0 Å². The summed E-state index contributed by atoms with van der Waals surface area (Å²) in [4.78, 5) is 22.8. The lowest BCUT2D eigenvalue weighted by atomic mass is 9.91. The molecule has 0 aromatic carbocycles. The molecule has 0 aliphatic carbocycles. The Labute approximate surface area is 299 Å². The van der Waals surface area contributed by atoms with Gasteiger partial charge in [0.2, 0.25) is 0 Å². The summed E-state index contributed by atoms with van der Waals surface area (Å²) in [5, 5.41) is 0. The quantitative estimate of drug-likeness (QED) is 0.0475. The first kappa shape index (κ1) is 52.1. The molecule has 0 amide bonds. The SMILES string of the molecule is CCC(C)(C)C(=O)OCCC(F)(F)C(F)(F)C(F)(F)C(F)(F)F.CCC(C)C(=O)OCCOCCOCCOCCOCCOCCOCCOC. The summed E-state index contributed by atoms with van der Waals surface area (Å²) in [5.74, 6) is -20.7. The number of halogens is 9. The van der Waals surface area contributed by atoms with Gasteiger partial charge in [0.05, 0.1) is 110 Å². The Hall–Kier alpha value is -1.97. The highest BCUT2D eigenvalue weighted by atomic mass is 19.4. The van der Waals surface area contributed by atoms with Crippen LogP contribution in [-0.2, 0) is 52.2 Å². The van der Waals surface area contributed by atoms with Gasteiger partial charge in [-0.1, -0.05) is 20.8 Å². The van der Waals surface area contributed by atoms with Gasteiger partial charge in [-0.15, -0.1) is 0 Å². The molecule has 0 saturated heterocycles. The fraction of sp³-hybridized carbons (Fsp3) is 0.938. The molecule has 0 aromatic rings. The van der Waals surface area contributed by atoms with Crippen molar-refractivity contribution in [3.05, 3.63) is 0 Å². The van der Waals surface area contributed by atoms with Crippen LogP contribution in [0, 0.1) is 11.3 Å². The van der Waals surface area contributed by atoms with E-state index in [1.165, 1.54) is 20.8 Å². The Morgan fingerprint density at radius 2 is 0.904 bits per heavy atom. The number of ether oxygens (including phenoxy) is 9. The molecule has 52 heavy (non-hydrogen) atoms. The number of esters is 2. The van der Waals surface area contributed by atoms with Crippen molar-refractivity contribution in [2.45, 2.75) is 77.8 Å². The van der Waals surface area contributed by atoms with Crippen LogP contribution in [0.25, 0.3) is 0 Å². The molecule has 0 fully saturated rings. The first-order valence-electron chi connectivity index (χ1n) is 16.7. The molecule has 0 spiro atoms. The highest BCUT2D eigenvalue weighted by molar-refractivity contribution is 5.75. The van der Waals surface area contributed by atoms with E-state index >= 15 is 0 Å². The molecular formula is C32H55F9O11. The van der Waals surface area contributed by atoms with Crippen LogP contribution in [0.4, 0.5) is 39.5 Å². The van der Waals surface area contributed by atoms with Crippen LogP contribution in [0.3, 0.4) is 0 Å². The van der Waals surface area contributed by atoms with Gasteiger partial charge in [-0.2, -0.15) is 39.5 Å². The van der Waals surface area contributed by atoms with E-state index in [9.17, 15) is 49.1 Å². The van der Waals surface area contributed by atoms with Crippen LogP contribution in [0.2, 0.25) is 0 Å². The number of rotatable bonds is 30. The number of carbonyl (C=O) groups is 2. The minimum atomic E-state index is -6.93. The van der Waals surface area contributed by atoms with E-state index in [0.29, 0.717) is 85.9 Å². The highest BCUT2D eigenvalue weighted by Gasteiger charge is 2.81. The largest absolute Gasteiger partial charge is 0.465 e. The van der Waals surface area contributed by atoms with Gasteiger partial charge in [-0.3, -0.25) is 9.59 Å². The molecule has 1 atom stereocenters. The van der Waals surface area contributed by atoms with Crippen LogP contribution in [0.15, 0.2) is 0 Å². The Balaban J connectivity index is 0. The first-order valence-corrected chi connectivity index (χ1v) is 16.7. The normalized spacial score (nSPS) is 13.4. The van der Waals surface area contributed by atoms with Crippen molar-refractivity contribution >= 4 is 11.9 Å². The average Bonchev–Trinajstić information content (AvgIpc) is 3.07. The van der Waals surface area contributed by atoms with E-state index in [1.54, 1.807) is 7.11 Å². The van der Waals surface area contributed by atoms with E-state index in [-0.39, 0.29) is 24.9 Å². The Morgan fingerprint density at radius 1 is 0.538 bits per heavy atom. The number of hydrogen-bond acceptors (Lipinski definition) is 11. The zero-order valence-electron chi connectivity index (χ0n) is 30.7. The summed E-state index contributed by atoms with van der Waals surface area (Å²) in [5.41, 5.74) is -1.15. The van der Waals surface area contributed by atoms with E-state index in [4.69, 9.17) is 37.9 Å². The molecule has 0 saturated carbocycles. The summed E-state index contributed by atoms with van der Waals surface area (Å²) in [7, 11) is 1.64. The van der Waals surface area contributed by atoms with Crippen LogP contribution in [0.5, 0.6) is 0 Å². The number of methoxy groups -OCH3 is 1. The maximum absolute atomic E-state index is 13.1. The lowest BCUT2D eigenvalue weighted by molar-refractivity contribution is -0.397. The molecular weight excluding hydrogens is 731 g/mol. The second kappa shape index (κ2) is 27.6. The summed E-state index contributed by atoms with van der Waals surface area (Å²) in [6.45, 7) is 13.6. The molecule has 11 nitrogen and oxygen atoms in total. The maximum Gasteiger partial charge on any atom is 0.460 e. The van der Waals surface area contributed by atoms with Crippen LogP contribution < -0.4 is 0 Å². The van der Waals surface area contributed by atoms with Gasteiger partial charge < -0.3 is 42.6 Å². The average molecular weight is 787 g/mol. The molecule has 0 aliphatic heterocycles. The summed E-state index contributed by atoms with van der Waals surface area (Å²) in [6.07, 6.45) is -8.06. The Bertz CT molecular complexity index is 925. The zero-order valence-corrected chi connectivity index (χ0v) is 30.7. The van der Waals surface area contributed by atoms with Crippen molar-refractivity contribution in [3.8, 4) is 0 Å². The second-order valence-electron chi connectivity index (χ2n) is 11.6. The molecule has 0 bridgehead atoms. The molecule has 0 rings (SSSR count). The second-order valence-corrected chi connectivity index (χ2v) is 11.6. The fourth-order valence-electron chi connectivity index (χ4n) is 3.03. The zero-order chi connectivity index (χ0) is 40.3. The van der Waals surface area contributed by atoms with Gasteiger partial charge in [-0.25, -0.2) is 0 Å². The molecule has 1 unspecified atom stereocenters. The Kier molecular flexibility index (Phi) is 27.7. The van der Waals surface area contributed by atoms with Crippen molar-refractivity contribution in [2.24, 2.45) is 11.3 Å². The van der Waals surface area contributed by atoms with Crippen molar-refractivity contribution < 1.29 is 91.7 Å². The third-order valence-electron chi connectivity index (χ3n) is 7.07. The van der Waals surface area contributed by atoms with Crippen LogP contribution in [0.1, 0.15) is 53.9 Å². The standard InChI is InChI=1S/C20H40O9.C12H15F9O2/c1-4-19(2)20(21)29-18-17-28-16-15-27-14-13-26-12-11-25-10-9-24-8-7-23-6-5-22-3;1-4-8(2,3)7(22)23-6-5-9(13,14)10(15,16)11(17,18)12(19,20)21/h19H,4-18H2,1-3H3;4-6H2,1-3H3. The van der Waals surface area contributed by atoms with Gasteiger partial charge >= 0.3 is 35.9 Å². The van der Waals surface area contributed by atoms with Crippen molar-refractivity contribution in [3.63, 3.8) is 0 Å². The molecule has 0 aromatic heterocycles. The number of carbonyl (C=O) groups excluding carboxylic acids is 2. The van der Waals surface area contributed by atoms with Crippen LogP contribution >= 0.6 is 0 Å². The minimum absolute atomic E-state index is 0.0616. The lowest BCUT2D eigenvalue weighted by Crippen LogP contribution is -2.61. The van der Waals surface area contributed by atoms with Crippen LogP contribution in [-0.4, -0.2) is 142 Å². The van der Waals surface area contributed by atoms with Crippen molar-refractivity contribution in [2.75, 3.05) is 106 Å². The predicted octanol–water partition coefficient (Wildman–Crippen LogP) is 6.15. The van der Waals surface area contributed by atoms with Crippen molar-refractivity contribution in [1.29, 1.82) is 0 Å². The number of alkyl halides is 9. The third kappa shape index (κ3) is 21.7. The minimum Gasteiger partial charge on any atom is -0.465 e. The molecule has 0 radical (unpaired) electrons. The summed E-state index contributed by atoms with van der Waals surface area (Å²) < 4.78 is 159. The summed E-state index contributed by atoms with van der Waals surface area (Å²) >= 11 is 0. The van der Waals surface area contributed by atoms with E-state index in [2.05, 4.69) is 4.74 Å². The molecule has 0 N–H and O–H groups in total. The summed E-state index contributed by atoms with van der Waals surface area (Å²) in [6, 6.07) is 0. The molecule has 0 aliphatic rings. The first-order chi connectivity index (χ1) is 24.2. The fourth-order valence-corrected chi connectivity index (χ4v) is 3.03. The van der Waals surface area contributed by atoms with Gasteiger partial charge in [0, 0.05) is 7.11 Å². The van der Waals surface area contributed by atoms with Gasteiger partial charge in [0.15, 0.2) is 0 Å². The Morgan fingerprint density at radius 3 is 1.23 bits per heavy atom. The van der Waals surface area contributed by atoms with Gasteiger partial charge in [-0.05, 0) is 26.7 Å². The van der Waals surface area contributed by atoms with Gasteiger partial charge in [0.1, 0.15) is 6.61 Å². The molecule has 312 valence electrons. The van der Waals surface area contributed by atoms with E-state index in [0.717, 1.165) is 6.42 Å². The monoisotopic (exact) mass is 786 g/mol. The van der Waals surface area contributed by atoms with E-state index < -0.39 is 48.4 Å². The van der Waals surface area contributed by atoms with Gasteiger partial charge in [0.25, 0.3) is 0 Å². The van der Waals surface area contributed by atoms with E-state index in [1.807, 2.05) is 13.8 Å². The lowest BCUT2D eigenvalue weighted by Gasteiger charge is -2.33. The third-order valence-corrected chi connectivity index (χ3v) is 7.07. The molecule has 0 heterocycles. The number of hydrogen-bond donors (Lipinski definition) is 0. The topological polar surface area (TPSA) is 117 Å². The predicted molar refractivity (Wildman–Crippen MR) is 168 cm³/mol. The highest BCUT2D eigenvalue weighted by Crippen LogP contribution is 2.54.